The second kappa shape index (κ2) is 8.56. The summed E-state index contributed by atoms with van der Waals surface area (Å²) in [5.41, 5.74) is 2.95. The number of nitrogens with zero attached hydrogens (tertiary/aromatic N) is 2. The molecule has 2 aromatic heterocycles. The zero-order chi connectivity index (χ0) is 20.1. The molecule has 0 saturated carbocycles. The fraction of sp³-hybridized carbons (Fsp3) is 0.174. The Hall–Kier alpha value is -3.67. The van der Waals surface area contributed by atoms with Gasteiger partial charge in [-0.15, -0.1) is 0 Å². The van der Waals surface area contributed by atoms with Crippen LogP contribution in [0, 0.1) is 0 Å². The van der Waals surface area contributed by atoms with Crippen LogP contribution in [0.25, 0.3) is 22.6 Å². The van der Waals surface area contributed by atoms with Crippen LogP contribution in [0.15, 0.2) is 77.5 Å². The van der Waals surface area contributed by atoms with E-state index in [2.05, 4.69) is 20.3 Å². The lowest BCUT2D eigenvalue weighted by Gasteiger charge is -2.11. The SMILES string of the molecule is CC(NC(=O)CCc1ncc(-c2ccccc2)o1)c1ncc(-c2ccccc2)[nH]1. The van der Waals surface area contributed by atoms with Gasteiger partial charge in [0.1, 0.15) is 5.82 Å². The van der Waals surface area contributed by atoms with Gasteiger partial charge in [-0.05, 0) is 12.5 Å². The molecule has 2 aromatic carbocycles. The largest absolute Gasteiger partial charge is 0.441 e. The van der Waals surface area contributed by atoms with E-state index in [1.165, 1.54) is 0 Å². The molecule has 6 nitrogen and oxygen atoms in total. The molecule has 0 radical (unpaired) electrons. The van der Waals surface area contributed by atoms with Crippen molar-refractivity contribution < 1.29 is 9.21 Å². The number of carbonyl (C=O) groups is 1. The van der Waals surface area contributed by atoms with Crippen molar-refractivity contribution in [2.45, 2.75) is 25.8 Å². The van der Waals surface area contributed by atoms with E-state index in [-0.39, 0.29) is 11.9 Å². The third-order valence-corrected chi connectivity index (χ3v) is 4.65. The Morgan fingerprint density at radius 1 is 1.00 bits per heavy atom. The van der Waals surface area contributed by atoms with E-state index in [0.29, 0.717) is 24.5 Å². The zero-order valence-electron chi connectivity index (χ0n) is 16.1. The topological polar surface area (TPSA) is 83.8 Å². The fourth-order valence-electron chi connectivity index (χ4n) is 3.09. The van der Waals surface area contributed by atoms with Crippen LogP contribution in [0.2, 0.25) is 0 Å². The summed E-state index contributed by atoms with van der Waals surface area (Å²) in [6.07, 6.45) is 4.22. The van der Waals surface area contributed by atoms with E-state index in [1.807, 2.05) is 67.6 Å². The Morgan fingerprint density at radius 2 is 1.69 bits per heavy atom. The van der Waals surface area contributed by atoms with E-state index in [1.54, 1.807) is 12.4 Å². The molecule has 146 valence electrons. The van der Waals surface area contributed by atoms with Gasteiger partial charge in [0.15, 0.2) is 11.7 Å². The summed E-state index contributed by atoms with van der Waals surface area (Å²) in [7, 11) is 0. The lowest BCUT2D eigenvalue weighted by atomic mass is 10.2. The molecule has 2 N–H and O–H groups in total. The van der Waals surface area contributed by atoms with Gasteiger partial charge in [0, 0.05) is 18.4 Å². The maximum atomic E-state index is 12.3. The smallest absolute Gasteiger partial charge is 0.221 e. The monoisotopic (exact) mass is 386 g/mol. The number of carbonyl (C=O) groups excluding carboxylic acids is 1. The number of rotatable bonds is 7. The predicted octanol–water partition coefficient (Wildman–Crippen LogP) is 4.54. The quantitative estimate of drug-likeness (QED) is 0.488. The van der Waals surface area contributed by atoms with Crippen LogP contribution in [0.1, 0.15) is 31.1 Å². The van der Waals surface area contributed by atoms with Crippen molar-refractivity contribution in [1.29, 1.82) is 0 Å². The summed E-state index contributed by atoms with van der Waals surface area (Å²) >= 11 is 0. The molecule has 4 aromatic rings. The normalized spacial score (nSPS) is 11.9. The van der Waals surface area contributed by atoms with Gasteiger partial charge in [-0.1, -0.05) is 60.7 Å². The minimum atomic E-state index is -0.218. The molecule has 0 saturated heterocycles. The molecule has 0 aliphatic heterocycles. The minimum absolute atomic E-state index is 0.0744. The molecular weight excluding hydrogens is 364 g/mol. The van der Waals surface area contributed by atoms with Gasteiger partial charge in [0.2, 0.25) is 5.91 Å². The van der Waals surface area contributed by atoms with Crippen molar-refractivity contribution in [2.24, 2.45) is 0 Å². The Bertz CT molecular complexity index is 1070. The van der Waals surface area contributed by atoms with E-state index in [9.17, 15) is 4.79 Å². The number of H-pyrrole nitrogens is 1. The predicted molar refractivity (Wildman–Crippen MR) is 111 cm³/mol. The summed E-state index contributed by atoms with van der Waals surface area (Å²) in [4.78, 5) is 24.3. The molecule has 1 atom stereocenters. The van der Waals surface area contributed by atoms with Crippen molar-refractivity contribution in [3.8, 4) is 22.6 Å². The fourth-order valence-corrected chi connectivity index (χ4v) is 3.09. The van der Waals surface area contributed by atoms with Gasteiger partial charge < -0.3 is 14.7 Å². The Labute approximate surface area is 169 Å². The zero-order valence-corrected chi connectivity index (χ0v) is 16.1. The molecule has 2 heterocycles. The van der Waals surface area contributed by atoms with Crippen LogP contribution in [-0.4, -0.2) is 20.9 Å². The highest BCUT2D eigenvalue weighted by atomic mass is 16.4. The molecule has 1 amide bonds. The summed E-state index contributed by atoms with van der Waals surface area (Å²) in [6, 6.07) is 19.5. The second-order valence-corrected chi connectivity index (χ2v) is 6.82. The summed E-state index contributed by atoms with van der Waals surface area (Å²) in [5, 5.41) is 2.97. The number of aromatic amines is 1. The van der Waals surface area contributed by atoms with Crippen LogP contribution in [-0.2, 0) is 11.2 Å². The molecule has 6 heteroatoms. The third-order valence-electron chi connectivity index (χ3n) is 4.65. The lowest BCUT2D eigenvalue weighted by molar-refractivity contribution is -0.121. The number of hydrogen-bond donors (Lipinski definition) is 2. The Morgan fingerprint density at radius 3 is 2.41 bits per heavy atom. The average molecular weight is 386 g/mol. The highest BCUT2D eigenvalue weighted by molar-refractivity contribution is 5.76. The first-order valence-corrected chi connectivity index (χ1v) is 9.59. The standard InChI is InChI=1S/C23H22N4O2/c1-16(23-25-14-19(27-23)17-8-4-2-5-9-17)26-21(28)12-13-22-24-15-20(29-22)18-10-6-3-7-11-18/h2-11,14-16H,12-13H2,1H3,(H,25,27)(H,26,28). The van der Waals surface area contributed by atoms with Crippen LogP contribution in [0.3, 0.4) is 0 Å². The number of aryl methyl sites for hydroxylation is 1. The van der Waals surface area contributed by atoms with Gasteiger partial charge in [-0.25, -0.2) is 9.97 Å². The van der Waals surface area contributed by atoms with Crippen molar-refractivity contribution in [1.82, 2.24) is 20.3 Å². The van der Waals surface area contributed by atoms with Crippen molar-refractivity contribution in [3.05, 3.63) is 84.8 Å². The second-order valence-electron chi connectivity index (χ2n) is 6.82. The lowest BCUT2D eigenvalue weighted by Crippen LogP contribution is -2.27. The number of oxazole rings is 1. The molecule has 0 bridgehead atoms. The van der Waals surface area contributed by atoms with Crippen molar-refractivity contribution in [2.75, 3.05) is 0 Å². The van der Waals surface area contributed by atoms with E-state index >= 15 is 0 Å². The highest BCUT2D eigenvalue weighted by Crippen LogP contribution is 2.21. The van der Waals surface area contributed by atoms with Crippen molar-refractivity contribution in [3.63, 3.8) is 0 Å². The maximum Gasteiger partial charge on any atom is 0.221 e. The molecule has 0 spiro atoms. The van der Waals surface area contributed by atoms with Gasteiger partial charge in [-0.2, -0.15) is 0 Å². The van der Waals surface area contributed by atoms with E-state index < -0.39 is 0 Å². The summed E-state index contributed by atoms with van der Waals surface area (Å²) in [6.45, 7) is 1.91. The number of amides is 1. The first kappa shape index (κ1) is 18.7. The first-order valence-electron chi connectivity index (χ1n) is 9.59. The van der Waals surface area contributed by atoms with Crippen molar-refractivity contribution >= 4 is 5.91 Å². The molecule has 0 aliphatic carbocycles. The molecule has 0 aliphatic rings. The molecular formula is C23H22N4O2. The molecule has 4 rings (SSSR count). The molecule has 0 fully saturated rings. The van der Waals surface area contributed by atoms with Crippen LogP contribution in [0.4, 0.5) is 0 Å². The maximum absolute atomic E-state index is 12.3. The Kier molecular flexibility index (Phi) is 5.52. The number of hydrogen-bond acceptors (Lipinski definition) is 4. The first-order chi connectivity index (χ1) is 14.2. The van der Waals surface area contributed by atoms with Crippen LogP contribution in [0.5, 0.6) is 0 Å². The minimum Gasteiger partial charge on any atom is -0.441 e. The number of nitrogens with one attached hydrogen (secondary N) is 2. The van der Waals surface area contributed by atoms with Gasteiger partial charge in [-0.3, -0.25) is 4.79 Å². The number of aromatic nitrogens is 3. The molecule has 1 unspecified atom stereocenters. The average Bonchev–Trinajstić information content (AvgIpc) is 3.44. The summed E-state index contributed by atoms with van der Waals surface area (Å²) in [5.74, 6) is 1.91. The summed E-state index contributed by atoms with van der Waals surface area (Å²) < 4.78 is 5.75. The molecule has 29 heavy (non-hydrogen) atoms. The number of benzene rings is 2. The van der Waals surface area contributed by atoms with Gasteiger partial charge in [0.05, 0.1) is 24.1 Å². The highest BCUT2D eigenvalue weighted by Gasteiger charge is 2.15. The third kappa shape index (κ3) is 4.60. The van der Waals surface area contributed by atoms with E-state index in [4.69, 9.17) is 4.42 Å². The van der Waals surface area contributed by atoms with Crippen LogP contribution >= 0.6 is 0 Å². The Balaban J connectivity index is 1.31. The van der Waals surface area contributed by atoms with E-state index in [0.717, 1.165) is 22.6 Å². The van der Waals surface area contributed by atoms with Gasteiger partial charge in [0.25, 0.3) is 0 Å². The number of imidazole rings is 1. The van der Waals surface area contributed by atoms with Gasteiger partial charge >= 0.3 is 0 Å². The van der Waals surface area contributed by atoms with Crippen LogP contribution < -0.4 is 5.32 Å².